The van der Waals surface area contributed by atoms with Crippen molar-refractivity contribution in [1.82, 2.24) is 19.7 Å². The van der Waals surface area contributed by atoms with Crippen molar-refractivity contribution < 1.29 is 9.53 Å². The number of hydrogen-bond donors (Lipinski definition) is 2. The Morgan fingerprint density at radius 1 is 1.38 bits per heavy atom. The Balaban J connectivity index is 1.70. The van der Waals surface area contributed by atoms with E-state index in [0.717, 1.165) is 55.5 Å². The second kappa shape index (κ2) is 7.03. The molecule has 0 aromatic carbocycles. The van der Waals surface area contributed by atoms with Crippen LogP contribution in [-0.4, -0.2) is 38.9 Å². The average molecular weight is 357 g/mol. The Labute approximate surface area is 151 Å². The number of fused-ring (bicyclic) bond motifs is 1. The lowest BCUT2D eigenvalue weighted by molar-refractivity contribution is -0.120. The number of anilines is 1. The van der Waals surface area contributed by atoms with Gasteiger partial charge in [0.2, 0.25) is 5.95 Å². The van der Waals surface area contributed by atoms with Gasteiger partial charge in [-0.3, -0.25) is 14.6 Å². The topological polar surface area (TPSA) is 102 Å². The molecule has 0 radical (unpaired) electrons. The molecule has 138 valence electrons. The summed E-state index contributed by atoms with van der Waals surface area (Å²) in [6.07, 6.45) is 5.81. The van der Waals surface area contributed by atoms with Crippen LogP contribution in [-0.2, 0) is 22.4 Å². The normalized spacial score (nSPS) is 16.3. The zero-order valence-electron chi connectivity index (χ0n) is 14.9. The van der Waals surface area contributed by atoms with E-state index in [4.69, 9.17) is 4.74 Å². The fourth-order valence-corrected chi connectivity index (χ4v) is 3.29. The van der Waals surface area contributed by atoms with Gasteiger partial charge in [0, 0.05) is 24.2 Å². The first-order valence-corrected chi connectivity index (χ1v) is 9.25. The van der Waals surface area contributed by atoms with Crippen molar-refractivity contribution in [3.63, 3.8) is 0 Å². The smallest absolute Gasteiger partial charge is 0.255 e. The van der Waals surface area contributed by atoms with Crippen LogP contribution in [0.5, 0.6) is 0 Å². The van der Waals surface area contributed by atoms with Gasteiger partial charge >= 0.3 is 0 Å². The van der Waals surface area contributed by atoms with Crippen molar-refractivity contribution in [2.45, 2.75) is 51.4 Å². The predicted molar refractivity (Wildman–Crippen MR) is 95.7 cm³/mol. The molecule has 0 bridgehead atoms. The van der Waals surface area contributed by atoms with E-state index in [0.29, 0.717) is 24.3 Å². The molecule has 2 heterocycles. The molecule has 1 saturated carbocycles. The summed E-state index contributed by atoms with van der Waals surface area (Å²) in [5.74, 6) is 1.03. The van der Waals surface area contributed by atoms with Gasteiger partial charge in [0.05, 0.1) is 11.4 Å². The van der Waals surface area contributed by atoms with E-state index in [2.05, 4.69) is 20.4 Å². The van der Waals surface area contributed by atoms with E-state index >= 15 is 0 Å². The van der Waals surface area contributed by atoms with Crippen LogP contribution >= 0.6 is 0 Å². The fourth-order valence-electron chi connectivity index (χ4n) is 3.29. The third-order valence-electron chi connectivity index (χ3n) is 4.81. The van der Waals surface area contributed by atoms with Crippen molar-refractivity contribution in [1.29, 1.82) is 0 Å². The maximum Gasteiger partial charge on any atom is 0.255 e. The number of ether oxygens (including phenoxy) is 1. The second-order valence-electron chi connectivity index (χ2n) is 6.85. The van der Waals surface area contributed by atoms with Crippen LogP contribution in [0.15, 0.2) is 10.9 Å². The van der Waals surface area contributed by atoms with Gasteiger partial charge in [-0.25, -0.2) is 4.98 Å². The van der Waals surface area contributed by atoms with Crippen LogP contribution in [0.2, 0.25) is 0 Å². The number of nitrogens with zero attached hydrogens (tertiary/aromatic N) is 3. The molecule has 2 aromatic rings. The molecule has 2 aliphatic carbocycles. The van der Waals surface area contributed by atoms with Crippen LogP contribution < -0.4 is 10.9 Å². The Morgan fingerprint density at radius 3 is 2.96 bits per heavy atom. The van der Waals surface area contributed by atoms with Gasteiger partial charge in [0.1, 0.15) is 12.4 Å². The lowest BCUT2D eigenvalue weighted by Gasteiger charge is -2.15. The number of aromatic nitrogens is 4. The highest BCUT2D eigenvalue weighted by molar-refractivity contribution is 5.91. The summed E-state index contributed by atoms with van der Waals surface area (Å²) in [6.45, 7) is 2.29. The minimum absolute atomic E-state index is 0.0193. The summed E-state index contributed by atoms with van der Waals surface area (Å²) in [5, 5.41) is 7.42. The minimum Gasteiger partial charge on any atom is -0.372 e. The zero-order valence-corrected chi connectivity index (χ0v) is 14.9. The maximum atomic E-state index is 12.4. The number of aryl methyl sites for hydroxylation is 1. The first-order valence-electron chi connectivity index (χ1n) is 9.25. The van der Waals surface area contributed by atoms with Crippen molar-refractivity contribution >= 4 is 11.7 Å². The summed E-state index contributed by atoms with van der Waals surface area (Å²) in [7, 11) is 0. The van der Waals surface area contributed by atoms with Crippen molar-refractivity contribution in [2.75, 3.05) is 18.5 Å². The summed E-state index contributed by atoms with van der Waals surface area (Å²) in [4.78, 5) is 32.0. The van der Waals surface area contributed by atoms with Crippen LogP contribution in [0.4, 0.5) is 5.82 Å². The number of carbonyl (C=O) groups is 1. The molecule has 0 atom stereocenters. The van der Waals surface area contributed by atoms with Gasteiger partial charge in [0.15, 0.2) is 0 Å². The number of H-pyrrole nitrogens is 1. The Morgan fingerprint density at radius 2 is 2.19 bits per heavy atom. The molecular weight excluding hydrogens is 334 g/mol. The number of hydrogen-bond acceptors (Lipinski definition) is 5. The Hall–Kier alpha value is -2.48. The van der Waals surface area contributed by atoms with Crippen molar-refractivity contribution in [3.8, 4) is 5.95 Å². The van der Waals surface area contributed by atoms with Crippen LogP contribution in [0.25, 0.3) is 5.95 Å². The first kappa shape index (κ1) is 17.0. The third kappa shape index (κ3) is 3.41. The van der Waals surface area contributed by atoms with E-state index in [1.165, 1.54) is 4.68 Å². The lowest BCUT2D eigenvalue weighted by Crippen LogP contribution is -2.25. The van der Waals surface area contributed by atoms with E-state index in [9.17, 15) is 9.59 Å². The van der Waals surface area contributed by atoms with Gasteiger partial charge in [-0.15, -0.1) is 0 Å². The number of rotatable bonds is 6. The molecule has 2 N–H and O–H groups in total. The van der Waals surface area contributed by atoms with Crippen LogP contribution in [0, 0.1) is 0 Å². The number of aromatic amines is 1. The average Bonchev–Trinajstić information content (AvgIpc) is 3.41. The first-order chi connectivity index (χ1) is 12.7. The van der Waals surface area contributed by atoms with E-state index < -0.39 is 0 Å². The molecular formula is C18H23N5O3. The molecule has 1 amide bonds. The number of nitrogens with one attached hydrogen (secondary N) is 2. The van der Waals surface area contributed by atoms with E-state index in [1.807, 2.05) is 13.0 Å². The van der Waals surface area contributed by atoms with E-state index in [-0.39, 0.29) is 18.1 Å². The Bertz CT molecular complexity index is 881. The number of amides is 1. The molecule has 0 unspecified atom stereocenters. The summed E-state index contributed by atoms with van der Waals surface area (Å²) in [5.41, 5.74) is 2.42. The molecule has 26 heavy (non-hydrogen) atoms. The molecule has 2 aliphatic rings. The Kier molecular flexibility index (Phi) is 4.58. The minimum atomic E-state index is -0.254. The molecule has 0 spiro atoms. The van der Waals surface area contributed by atoms with Gasteiger partial charge in [-0.05, 0) is 45.4 Å². The summed E-state index contributed by atoms with van der Waals surface area (Å²) in [6, 6.07) is 1.86. The molecule has 0 saturated heterocycles. The predicted octanol–water partition coefficient (Wildman–Crippen LogP) is 1.69. The van der Waals surface area contributed by atoms with Crippen molar-refractivity contribution in [2.24, 2.45) is 0 Å². The standard InChI is InChI=1S/C18H23N5O3/c1-2-26-10-16(24)20-15-9-14(11-7-8-11)22-23(15)18-19-13-6-4-3-5-12(13)17(25)21-18/h9,11H,2-8,10H2,1H3,(H,20,24)(H,19,21,25). The zero-order chi connectivity index (χ0) is 18.1. The highest BCUT2D eigenvalue weighted by atomic mass is 16.5. The largest absolute Gasteiger partial charge is 0.372 e. The molecule has 8 heteroatoms. The SMILES string of the molecule is CCOCC(=O)Nc1cc(C2CC2)nn1-c1nc2c(c(=O)[nH]1)CCCC2. The molecule has 8 nitrogen and oxygen atoms in total. The molecule has 0 aliphatic heterocycles. The van der Waals surface area contributed by atoms with Gasteiger partial charge in [-0.2, -0.15) is 9.78 Å². The molecule has 4 rings (SSSR count). The summed E-state index contributed by atoms with van der Waals surface area (Å²) >= 11 is 0. The van der Waals surface area contributed by atoms with Gasteiger partial charge in [-0.1, -0.05) is 0 Å². The molecule has 1 fully saturated rings. The van der Waals surface area contributed by atoms with E-state index in [1.54, 1.807) is 0 Å². The summed E-state index contributed by atoms with van der Waals surface area (Å²) < 4.78 is 6.69. The third-order valence-corrected chi connectivity index (χ3v) is 4.81. The highest BCUT2D eigenvalue weighted by Gasteiger charge is 2.28. The maximum absolute atomic E-state index is 12.4. The second-order valence-corrected chi connectivity index (χ2v) is 6.85. The van der Waals surface area contributed by atoms with Crippen LogP contribution in [0.3, 0.4) is 0 Å². The quantitative estimate of drug-likeness (QED) is 0.819. The van der Waals surface area contributed by atoms with Gasteiger partial charge in [0.25, 0.3) is 11.5 Å². The lowest BCUT2D eigenvalue weighted by atomic mass is 9.97. The van der Waals surface area contributed by atoms with Crippen LogP contribution in [0.1, 0.15) is 55.5 Å². The van der Waals surface area contributed by atoms with Crippen molar-refractivity contribution in [3.05, 3.63) is 33.4 Å². The molecule has 2 aromatic heterocycles. The van der Waals surface area contributed by atoms with Gasteiger partial charge < -0.3 is 10.1 Å². The highest BCUT2D eigenvalue weighted by Crippen LogP contribution is 2.40. The monoisotopic (exact) mass is 357 g/mol. The number of carbonyl (C=O) groups excluding carboxylic acids is 1. The fraction of sp³-hybridized carbons (Fsp3) is 0.556.